The van der Waals surface area contributed by atoms with Crippen LogP contribution in [0, 0.1) is 5.82 Å². The SMILES string of the molecule is CC(N)c1nc(CN(C)c2ccc(F)cc2)cs1. The van der Waals surface area contributed by atoms with Crippen LogP contribution in [-0.4, -0.2) is 12.0 Å². The quantitative estimate of drug-likeness (QED) is 0.924. The first kappa shape index (κ1) is 13.0. The van der Waals surface area contributed by atoms with E-state index in [-0.39, 0.29) is 11.9 Å². The van der Waals surface area contributed by atoms with Gasteiger partial charge in [0.2, 0.25) is 0 Å². The first-order valence-electron chi connectivity index (χ1n) is 5.73. The first-order valence-corrected chi connectivity index (χ1v) is 6.61. The van der Waals surface area contributed by atoms with Crippen LogP contribution in [0.4, 0.5) is 10.1 Å². The Morgan fingerprint density at radius 2 is 2.06 bits per heavy atom. The van der Waals surface area contributed by atoms with Crippen LogP contribution in [0.5, 0.6) is 0 Å². The van der Waals surface area contributed by atoms with Gasteiger partial charge in [0.1, 0.15) is 10.8 Å². The molecule has 0 radical (unpaired) electrons. The molecule has 1 unspecified atom stereocenters. The normalized spacial score (nSPS) is 12.4. The molecule has 2 N–H and O–H groups in total. The molecule has 3 nitrogen and oxygen atoms in total. The Labute approximate surface area is 110 Å². The molecule has 18 heavy (non-hydrogen) atoms. The number of halogens is 1. The molecule has 96 valence electrons. The fourth-order valence-electron chi connectivity index (χ4n) is 1.63. The molecular weight excluding hydrogens is 249 g/mol. The molecule has 0 fully saturated rings. The van der Waals surface area contributed by atoms with E-state index in [1.165, 1.54) is 12.1 Å². The van der Waals surface area contributed by atoms with E-state index >= 15 is 0 Å². The van der Waals surface area contributed by atoms with E-state index in [1.807, 2.05) is 24.3 Å². The van der Waals surface area contributed by atoms with Gasteiger partial charge in [0.15, 0.2) is 0 Å². The summed E-state index contributed by atoms with van der Waals surface area (Å²) in [4.78, 5) is 6.50. The van der Waals surface area contributed by atoms with Crippen LogP contribution in [-0.2, 0) is 6.54 Å². The van der Waals surface area contributed by atoms with E-state index < -0.39 is 0 Å². The van der Waals surface area contributed by atoms with Crippen LogP contribution in [0.15, 0.2) is 29.6 Å². The van der Waals surface area contributed by atoms with Crippen molar-refractivity contribution in [3.63, 3.8) is 0 Å². The summed E-state index contributed by atoms with van der Waals surface area (Å²) < 4.78 is 12.8. The van der Waals surface area contributed by atoms with Crippen LogP contribution in [0.2, 0.25) is 0 Å². The second-order valence-electron chi connectivity index (χ2n) is 4.30. The third kappa shape index (κ3) is 3.05. The predicted octanol–water partition coefficient (Wildman–Crippen LogP) is 2.94. The van der Waals surface area contributed by atoms with E-state index in [0.717, 1.165) is 16.4 Å². The van der Waals surface area contributed by atoms with Gasteiger partial charge < -0.3 is 10.6 Å². The molecule has 1 aromatic heterocycles. The van der Waals surface area contributed by atoms with Crippen LogP contribution in [0.25, 0.3) is 0 Å². The maximum absolute atomic E-state index is 12.8. The van der Waals surface area contributed by atoms with Crippen molar-refractivity contribution in [2.24, 2.45) is 5.73 Å². The van der Waals surface area contributed by atoms with Gasteiger partial charge in [-0.1, -0.05) is 0 Å². The minimum absolute atomic E-state index is 0.0279. The van der Waals surface area contributed by atoms with Crippen molar-refractivity contribution in [2.45, 2.75) is 19.5 Å². The Balaban J connectivity index is 2.06. The van der Waals surface area contributed by atoms with Crippen molar-refractivity contribution in [2.75, 3.05) is 11.9 Å². The molecule has 0 aliphatic carbocycles. The fraction of sp³-hybridized carbons (Fsp3) is 0.308. The number of aromatic nitrogens is 1. The van der Waals surface area contributed by atoms with E-state index in [9.17, 15) is 4.39 Å². The molecule has 1 atom stereocenters. The standard InChI is InChI=1S/C13H16FN3S/c1-9(15)13-16-11(8-18-13)7-17(2)12-5-3-10(14)4-6-12/h3-6,8-9H,7,15H2,1-2H3. The Hall–Kier alpha value is -1.46. The van der Waals surface area contributed by atoms with Crippen LogP contribution in [0.1, 0.15) is 23.7 Å². The number of hydrogen-bond donors (Lipinski definition) is 1. The zero-order chi connectivity index (χ0) is 13.1. The number of rotatable bonds is 4. The van der Waals surface area contributed by atoms with Gasteiger partial charge >= 0.3 is 0 Å². The van der Waals surface area contributed by atoms with Crippen molar-refractivity contribution in [1.29, 1.82) is 0 Å². The summed E-state index contributed by atoms with van der Waals surface area (Å²) >= 11 is 1.57. The van der Waals surface area contributed by atoms with E-state index in [0.29, 0.717) is 6.54 Å². The third-order valence-electron chi connectivity index (χ3n) is 2.63. The summed E-state index contributed by atoms with van der Waals surface area (Å²) in [6.07, 6.45) is 0. The Bertz CT molecular complexity index is 507. The number of benzene rings is 1. The number of thiazole rings is 1. The largest absolute Gasteiger partial charge is 0.369 e. The Kier molecular flexibility index (Phi) is 3.93. The molecule has 0 saturated carbocycles. The zero-order valence-electron chi connectivity index (χ0n) is 10.4. The van der Waals surface area contributed by atoms with Gasteiger partial charge in [-0.2, -0.15) is 0 Å². The first-order chi connectivity index (χ1) is 8.56. The van der Waals surface area contributed by atoms with Crippen molar-refractivity contribution in [3.05, 3.63) is 46.2 Å². The second-order valence-corrected chi connectivity index (χ2v) is 5.19. The number of nitrogens with two attached hydrogens (primary N) is 1. The van der Waals surface area contributed by atoms with Crippen molar-refractivity contribution in [1.82, 2.24) is 4.98 Å². The minimum atomic E-state index is -0.222. The maximum Gasteiger partial charge on any atom is 0.123 e. The molecule has 5 heteroatoms. The van der Waals surface area contributed by atoms with Gasteiger partial charge in [0.25, 0.3) is 0 Å². The Morgan fingerprint density at radius 1 is 1.39 bits per heavy atom. The third-order valence-corrected chi connectivity index (χ3v) is 3.72. The lowest BCUT2D eigenvalue weighted by Crippen LogP contribution is -2.16. The van der Waals surface area contributed by atoms with Gasteiger partial charge in [0.05, 0.1) is 18.3 Å². The second kappa shape index (κ2) is 5.46. The molecule has 0 bridgehead atoms. The minimum Gasteiger partial charge on any atom is -0.369 e. The van der Waals surface area contributed by atoms with Gasteiger partial charge in [-0.05, 0) is 31.2 Å². The molecule has 1 aromatic carbocycles. The topological polar surface area (TPSA) is 42.1 Å². The lowest BCUT2D eigenvalue weighted by molar-refractivity contribution is 0.627. The lowest BCUT2D eigenvalue weighted by atomic mass is 10.3. The summed E-state index contributed by atoms with van der Waals surface area (Å²) in [5.41, 5.74) is 7.73. The maximum atomic E-state index is 12.8. The van der Waals surface area contributed by atoms with Gasteiger partial charge in [0, 0.05) is 18.1 Å². The van der Waals surface area contributed by atoms with Crippen molar-refractivity contribution in [3.8, 4) is 0 Å². The highest BCUT2D eigenvalue weighted by Crippen LogP contribution is 2.19. The molecule has 0 aliphatic heterocycles. The predicted molar refractivity (Wildman–Crippen MR) is 73.2 cm³/mol. The summed E-state index contributed by atoms with van der Waals surface area (Å²) in [6, 6.07) is 6.41. The molecule has 0 spiro atoms. The smallest absolute Gasteiger partial charge is 0.123 e. The van der Waals surface area contributed by atoms with E-state index in [2.05, 4.69) is 4.98 Å². The molecule has 1 heterocycles. The highest BCUT2D eigenvalue weighted by atomic mass is 32.1. The monoisotopic (exact) mass is 265 g/mol. The zero-order valence-corrected chi connectivity index (χ0v) is 11.2. The average molecular weight is 265 g/mol. The molecule has 2 aromatic rings. The van der Waals surface area contributed by atoms with E-state index in [1.54, 1.807) is 23.5 Å². The number of anilines is 1. The number of hydrogen-bond acceptors (Lipinski definition) is 4. The summed E-state index contributed by atoms with van der Waals surface area (Å²) in [5.74, 6) is -0.222. The number of nitrogens with zero attached hydrogens (tertiary/aromatic N) is 2. The average Bonchev–Trinajstić information content (AvgIpc) is 2.78. The van der Waals surface area contributed by atoms with Crippen molar-refractivity contribution < 1.29 is 4.39 Å². The highest BCUT2D eigenvalue weighted by Gasteiger charge is 2.08. The molecule has 0 saturated heterocycles. The van der Waals surface area contributed by atoms with Crippen LogP contribution < -0.4 is 10.6 Å². The summed E-state index contributed by atoms with van der Waals surface area (Å²) in [5, 5.41) is 2.95. The van der Waals surface area contributed by atoms with Crippen molar-refractivity contribution >= 4 is 17.0 Å². The molecular formula is C13H16FN3S. The summed E-state index contributed by atoms with van der Waals surface area (Å²) in [6.45, 7) is 2.61. The molecule has 2 rings (SSSR count). The van der Waals surface area contributed by atoms with E-state index in [4.69, 9.17) is 5.73 Å². The molecule has 0 aliphatic rings. The van der Waals surface area contributed by atoms with Gasteiger partial charge in [-0.3, -0.25) is 0 Å². The van der Waals surface area contributed by atoms with Crippen LogP contribution >= 0.6 is 11.3 Å². The Morgan fingerprint density at radius 3 is 2.61 bits per heavy atom. The highest BCUT2D eigenvalue weighted by molar-refractivity contribution is 7.09. The fourth-order valence-corrected chi connectivity index (χ4v) is 2.40. The molecule has 0 amide bonds. The van der Waals surface area contributed by atoms with Gasteiger partial charge in [-0.15, -0.1) is 11.3 Å². The lowest BCUT2D eigenvalue weighted by Gasteiger charge is -2.17. The summed E-state index contributed by atoms with van der Waals surface area (Å²) in [7, 11) is 1.96. The van der Waals surface area contributed by atoms with Gasteiger partial charge in [-0.25, -0.2) is 9.37 Å². The van der Waals surface area contributed by atoms with Crippen LogP contribution in [0.3, 0.4) is 0 Å².